The minimum Gasteiger partial charge on any atom is -0.322 e. The van der Waals surface area contributed by atoms with E-state index in [1.165, 1.54) is 12.1 Å². The highest BCUT2D eigenvalue weighted by molar-refractivity contribution is 6.23. The van der Waals surface area contributed by atoms with Crippen molar-refractivity contribution in [3.05, 3.63) is 65.0 Å². The molecule has 2 aromatic rings. The quantitative estimate of drug-likeness (QED) is 0.817. The van der Waals surface area contributed by atoms with Crippen LogP contribution in [0.1, 0.15) is 46.5 Å². The third-order valence-electron chi connectivity index (χ3n) is 4.51. The maximum atomic E-state index is 14.0. The molecule has 0 radical (unpaired) electrons. The third kappa shape index (κ3) is 3.60. The lowest BCUT2D eigenvalue weighted by Gasteiger charge is -2.27. The van der Waals surface area contributed by atoms with Gasteiger partial charge in [0.2, 0.25) is 5.91 Å². The maximum absolute atomic E-state index is 14.0. The molecule has 1 aliphatic heterocycles. The molecule has 1 atom stereocenters. The highest BCUT2D eigenvalue weighted by Gasteiger charge is 2.42. The van der Waals surface area contributed by atoms with Crippen LogP contribution in [-0.2, 0) is 4.79 Å². The van der Waals surface area contributed by atoms with E-state index < -0.39 is 29.6 Å². The Morgan fingerprint density at radius 2 is 1.67 bits per heavy atom. The summed E-state index contributed by atoms with van der Waals surface area (Å²) in [6.45, 7) is 5.57. The van der Waals surface area contributed by atoms with Gasteiger partial charge in [-0.2, -0.15) is 0 Å². The van der Waals surface area contributed by atoms with E-state index in [0.717, 1.165) is 10.5 Å². The van der Waals surface area contributed by atoms with Gasteiger partial charge in [-0.25, -0.2) is 4.39 Å². The van der Waals surface area contributed by atoms with Crippen LogP contribution in [0, 0.1) is 18.7 Å². The molecule has 0 aromatic heterocycles. The van der Waals surface area contributed by atoms with Crippen LogP contribution < -0.4 is 5.32 Å². The number of anilines is 1. The Kier molecular flexibility index (Phi) is 5.08. The maximum Gasteiger partial charge on any atom is 0.262 e. The predicted octanol–water partition coefficient (Wildman–Crippen LogP) is 3.78. The summed E-state index contributed by atoms with van der Waals surface area (Å²) < 4.78 is 14.0. The lowest BCUT2D eigenvalue weighted by Crippen LogP contribution is -2.48. The molecule has 1 unspecified atom stereocenters. The second-order valence-corrected chi connectivity index (χ2v) is 7.14. The van der Waals surface area contributed by atoms with Gasteiger partial charge in [0.05, 0.1) is 16.8 Å². The van der Waals surface area contributed by atoms with Crippen molar-refractivity contribution in [3.63, 3.8) is 0 Å². The predicted molar refractivity (Wildman–Crippen MR) is 100.0 cm³/mol. The van der Waals surface area contributed by atoms with Crippen LogP contribution in [0.4, 0.5) is 10.1 Å². The first-order valence-electron chi connectivity index (χ1n) is 8.83. The van der Waals surface area contributed by atoms with E-state index in [1.807, 2.05) is 13.8 Å². The monoisotopic (exact) mass is 368 g/mol. The first-order chi connectivity index (χ1) is 12.8. The highest BCUT2D eigenvalue weighted by Crippen LogP contribution is 2.28. The molecule has 1 N–H and O–H groups in total. The average Bonchev–Trinajstić information content (AvgIpc) is 2.87. The molecule has 3 amide bonds. The van der Waals surface area contributed by atoms with Crippen molar-refractivity contribution in [1.29, 1.82) is 0 Å². The van der Waals surface area contributed by atoms with Gasteiger partial charge in [-0.3, -0.25) is 19.3 Å². The Balaban J connectivity index is 1.93. The van der Waals surface area contributed by atoms with E-state index in [-0.39, 0.29) is 29.2 Å². The van der Waals surface area contributed by atoms with Crippen LogP contribution in [0.2, 0.25) is 0 Å². The first kappa shape index (κ1) is 18.8. The molecule has 140 valence electrons. The smallest absolute Gasteiger partial charge is 0.262 e. The molecule has 5 nitrogen and oxygen atoms in total. The molecule has 27 heavy (non-hydrogen) atoms. The number of fused-ring (bicyclic) bond motifs is 1. The van der Waals surface area contributed by atoms with Crippen LogP contribution in [0.25, 0.3) is 0 Å². The summed E-state index contributed by atoms with van der Waals surface area (Å²) in [7, 11) is 0. The van der Waals surface area contributed by atoms with E-state index >= 15 is 0 Å². The van der Waals surface area contributed by atoms with Gasteiger partial charge in [0.1, 0.15) is 11.9 Å². The number of hydrogen-bond acceptors (Lipinski definition) is 3. The number of benzene rings is 2. The number of carbonyl (C=O) groups is 3. The van der Waals surface area contributed by atoms with Gasteiger partial charge in [0.25, 0.3) is 11.8 Å². The van der Waals surface area contributed by atoms with Crippen molar-refractivity contribution in [1.82, 2.24) is 4.90 Å². The summed E-state index contributed by atoms with van der Waals surface area (Å²) in [6.07, 6.45) is 0.282. The molecule has 0 spiro atoms. The summed E-state index contributed by atoms with van der Waals surface area (Å²) in [5.41, 5.74) is 1.38. The summed E-state index contributed by atoms with van der Waals surface area (Å²) >= 11 is 0. The first-order valence-corrected chi connectivity index (χ1v) is 8.83. The molecule has 2 aromatic carbocycles. The zero-order valence-electron chi connectivity index (χ0n) is 15.5. The van der Waals surface area contributed by atoms with Crippen molar-refractivity contribution >= 4 is 23.4 Å². The second-order valence-electron chi connectivity index (χ2n) is 7.14. The topological polar surface area (TPSA) is 66.5 Å². The van der Waals surface area contributed by atoms with Crippen molar-refractivity contribution in [2.45, 2.75) is 33.2 Å². The summed E-state index contributed by atoms with van der Waals surface area (Å²) in [6, 6.07) is 9.85. The number of rotatable bonds is 5. The molecule has 1 aliphatic rings. The molecule has 1 heterocycles. The fourth-order valence-electron chi connectivity index (χ4n) is 3.22. The van der Waals surface area contributed by atoms with Gasteiger partial charge in [-0.1, -0.05) is 32.0 Å². The number of nitrogens with zero attached hydrogens (tertiary/aromatic N) is 1. The Bertz CT molecular complexity index is 888. The Morgan fingerprint density at radius 3 is 2.22 bits per heavy atom. The average molecular weight is 368 g/mol. The molecule has 0 fully saturated rings. The second kappa shape index (κ2) is 7.31. The van der Waals surface area contributed by atoms with Crippen molar-refractivity contribution in [2.24, 2.45) is 5.92 Å². The number of halogens is 1. The van der Waals surface area contributed by atoms with Crippen LogP contribution in [0.5, 0.6) is 0 Å². The van der Waals surface area contributed by atoms with Crippen LogP contribution >= 0.6 is 0 Å². The van der Waals surface area contributed by atoms with Crippen molar-refractivity contribution < 1.29 is 18.8 Å². The number of aryl methyl sites for hydroxylation is 1. The van der Waals surface area contributed by atoms with Gasteiger partial charge in [0.15, 0.2) is 0 Å². The molecule has 0 saturated heterocycles. The Morgan fingerprint density at radius 1 is 1.07 bits per heavy atom. The Hall–Kier alpha value is -3.02. The minimum absolute atomic E-state index is 0.0327. The number of nitrogens with one attached hydrogen (secondary N) is 1. The van der Waals surface area contributed by atoms with E-state index in [0.29, 0.717) is 0 Å². The minimum atomic E-state index is -1.02. The molecular weight excluding hydrogens is 347 g/mol. The number of imide groups is 1. The van der Waals surface area contributed by atoms with Crippen LogP contribution in [-0.4, -0.2) is 28.7 Å². The lowest BCUT2D eigenvalue weighted by atomic mass is 10.0. The van der Waals surface area contributed by atoms with E-state index in [2.05, 4.69) is 5.32 Å². The fraction of sp³-hybridized carbons (Fsp3) is 0.286. The fourth-order valence-corrected chi connectivity index (χ4v) is 3.22. The van der Waals surface area contributed by atoms with E-state index in [1.54, 1.807) is 37.3 Å². The molecule has 0 saturated carbocycles. The highest BCUT2D eigenvalue weighted by atomic mass is 19.1. The summed E-state index contributed by atoms with van der Waals surface area (Å²) in [5.74, 6) is -2.10. The molecule has 0 aliphatic carbocycles. The standard InChI is InChI=1S/C21H21FN2O3/c1-12(2)10-18(19(25)23-17-11-13(3)8-9-16(17)22)24-20(26)14-6-4-5-7-15(14)21(24)27/h4-9,11-12,18H,10H2,1-3H3,(H,23,25). The normalized spacial score (nSPS) is 14.5. The summed E-state index contributed by atoms with van der Waals surface area (Å²) in [5, 5.41) is 2.54. The van der Waals surface area contributed by atoms with Gasteiger partial charge in [0, 0.05) is 0 Å². The molecule has 6 heteroatoms. The number of hydrogen-bond donors (Lipinski definition) is 1. The number of amides is 3. The zero-order valence-corrected chi connectivity index (χ0v) is 15.5. The van der Waals surface area contributed by atoms with Crippen molar-refractivity contribution in [2.75, 3.05) is 5.32 Å². The third-order valence-corrected chi connectivity index (χ3v) is 4.51. The molecule has 0 bridgehead atoms. The summed E-state index contributed by atoms with van der Waals surface area (Å²) in [4.78, 5) is 39.4. The van der Waals surface area contributed by atoms with E-state index in [4.69, 9.17) is 0 Å². The number of carbonyl (C=O) groups excluding carboxylic acids is 3. The van der Waals surface area contributed by atoms with Gasteiger partial charge >= 0.3 is 0 Å². The largest absolute Gasteiger partial charge is 0.322 e. The van der Waals surface area contributed by atoms with Crippen molar-refractivity contribution in [3.8, 4) is 0 Å². The van der Waals surface area contributed by atoms with Gasteiger partial charge in [-0.05, 0) is 49.1 Å². The SMILES string of the molecule is Cc1ccc(F)c(NC(=O)C(CC(C)C)N2C(=O)c3ccccc3C2=O)c1. The zero-order chi connectivity index (χ0) is 19.7. The molecular formula is C21H21FN2O3. The Labute approximate surface area is 157 Å². The van der Waals surface area contributed by atoms with E-state index in [9.17, 15) is 18.8 Å². The van der Waals surface area contributed by atoms with Gasteiger partial charge < -0.3 is 5.32 Å². The van der Waals surface area contributed by atoms with Crippen LogP contribution in [0.3, 0.4) is 0 Å². The van der Waals surface area contributed by atoms with Crippen LogP contribution in [0.15, 0.2) is 42.5 Å². The van der Waals surface area contributed by atoms with Gasteiger partial charge in [-0.15, -0.1) is 0 Å². The lowest BCUT2D eigenvalue weighted by molar-refractivity contribution is -0.120. The molecule has 3 rings (SSSR count).